The molecule has 4 rings (SSSR count). The number of hydrogen-bond donors (Lipinski definition) is 1. The molecule has 0 aliphatic carbocycles. The molecular weight excluding hydrogens is 362 g/mol. The predicted molar refractivity (Wildman–Crippen MR) is 117 cm³/mol. The summed E-state index contributed by atoms with van der Waals surface area (Å²) < 4.78 is 0. The fourth-order valence-corrected chi connectivity index (χ4v) is 4.20. The molecule has 0 radical (unpaired) electrons. The molecule has 152 valence electrons. The summed E-state index contributed by atoms with van der Waals surface area (Å²) in [4.78, 5) is 29.3. The largest absolute Gasteiger partial charge is 0.372 e. The van der Waals surface area contributed by atoms with Gasteiger partial charge in [0.2, 0.25) is 11.8 Å². The van der Waals surface area contributed by atoms with E-state index in [2.05, 4.69) is 29.3 Å². The number of nitrogens with one attached hydrogen (secondary N) is 1. The molecule has 0 saturated carbocycles. The minimum Gasteiger partial charge on any atom is -0.372 e. The molecule has 2 heterocycles. The summed E-state index contributed by atoms with van der Waals surface area (Å²) in [6.07, 6.45) is 5.02. The Morgan fingerprint density at radius 3 is 2.28 bits per heavy atom. The van der Waals surface area contributed by atoms with Crippen LogP contribution in [0, 0.1) is 5.92 Å². The molecule has 5 nitrogen and oxygen atoms in total. The van der Waals surface area contributed by atoms with Crippen LogP contribution in [0.3, 0.4) is 0 Å². The number of rotatable bonds is 5. The van der Waals surface area contributed by atoms with E-state index < -0.39 is 0 Å². The predicted octanol–water partition coefficient (Wildman–Crippen LogP) is 4.23. The molecule has 2 amide bonds. The minimum absolute atomic E-state index is 0.0113. The molecule has 0 aromatic heterocycles. The third-order valence-electron chi connectivity index (χ3n) is 6.01. The number of nitrogens with zero attached hydrogens (tertiary/aromatic N) is 2. The van der Waals surface area contributed by atoms with Crippen LogP contribution in [0.4, 0.5) is 17.1 Å². The van der Waals surface area contributed by atoms with Gasteiger partial charge in [-0.1, -0.05) is 19.1 Å². The lowest BCUT2D eigenvalue weighted by Crippen LogP contribution is -2.30. The van der Waals surface area contributed by atoms with Crippen LogP contribution >= 0.6 is 0 Å². The Balaban J connectivity index is 1.38. The van der Waals surface area contributed by atoms with Crippen molar-refractivity contribution in [3.63, 3.8) is 0 Å². The van der Waals surface area contributed by atoms with Gasteiger partial charge < -0.3 is 15.1 Å². The summed E-state index contributed by atoms with van der Waals surface area (Å²) in [7, 11) is 0. The van der Waals surface area contributed by atoms with Gasteiger partial charge >= 0.3 is 0 Å². The zero-order chi connectivity index (χ0) is 20.2. The summed E-state index contributed by atoms with van der Waals surface area (Å²) in [6.45, 7) is 4.74. The third-order valence-corrected chi connectivity index (χ3v) is 6.01. The molecule has 2 saturated heterocycles. The van der Waals surface area contributed by atoms with Crippen molar-refractivity contribution in [3.05, 3.63) is 54.1 Å². The Labute approximate surface area is 172 Å². The first-order valence-electron chi connectivity index (χ1n) is 10.7. The van der Waals surface area contributed by atoms with Crippen molar-refractivity contribution in [1.82, 2.24) is 0 Å². The van der Waals surface area contributed by atoms with Crippen molar-refractivity contribution < 1.29 is 9.59 Å². The number of aryl methyl sites for hydroxylation is 1. The second-order valence-corrected chi connectivity index (χ2v) is 8.01. The first-order valence-corrected chi connectivity index (χ1v) is 10.7. The average molecular weight is 392 g/mol. The SMILES string of the molecule is CCc1ccc(NC(=O)C2CC(=O)N(c3ccc(N4CCCCC4)cc3)C2)cc1. The summed E-state index contributed by atoms with van der Waals surface area (Å²) in [5, 5.41) is 2.96. The normalized spacial score (nSPS) is 19.5. The van der Waals surface area contributed by atoms with Gasteiger partial charge in [-0.2, -0.15) is 0 Å². The van der Waals surface area contributed by atoms with Crippen molar-refractivity contribution in [2.45, 2.75) is 39.0 Å². The number of anilines is 3. The van der Waals surface area contributed by atoms with E-state index in [0.717, 1.165) is 30.9 Å². The zero-order valence-electron chi connectivity index (χ0n) is 17.1. The van der Waals surface area contributed by atoms with E-state index in [9.17, 15) is 9.59 Å². The van der Waals surface area contributed by atoms with Gasteiger partial charge in [0.25, 0.3) is 0 Å². The second-order valence-electron chi connectivity index (χ2n) is 8.01. The van der Waals surface area contributed by atoms with Crippen LogP contribution in [0.5, 0.6) is 0 Å². The lowest BCUT2D eigenvalue weighted by atomic mass is 10.1. The number of piperidine rings is 1. The lowest BCUT2D eigenvalue weighted by Gasteiger charge is -2.29. The molecule has 1 atom stereocenters. The number of carbonyl (C=O) groups excluding carboxylic acids is 2. The zero-order valence-corrected chi connectivity index (χ0v) is 17.1. The molecule has 29 heavy (non-hydrogen) atoms. The van der Waals surface area contributed by atoms with Gasteiger partial charge in [0.05, 0.1) is 5.92 Å². The highest BCUT2D eigenvalue weighted by Crippen LogP contribution is 2.29. The van der Waals surface area contributed by atoms with Gasteiger partial charge in [-0.25, -0.2) is 0 Å². The molecule has 2 fully saturated rings. The number of amides is 2. The smallest absolute Gasteiger partial charge is 0.229 e. The summed E-state index contributed by atoms with van der Waals surface area (Å²) in [5.41, 5.74) is 4.10. The first-order chi connectivity index (χ1) is 14.1. The van der Waals surface area contributed by atoms with Crippen molar-refractivity contribution in [2.75, 3.05) is 34.8 Å². The monoisotopic (exact) mass is 391 g/mol. The maximum atomic E-state index is 12.7. The van der Waals surface area contributed by atoms with Crippen molar-refractivity contribution in [2.24, 2.45) is 5.92 Å². The molecule has 1 N–H and O–H groups in total. The maximum Gasteiger partial charge on any atom is 0.229 e. The number of carbonyl (C=O) groups is 2. The summed E-state index contributed by atoms with van der Waals surface area (Å²) in [6, 6.07) is 16.1. The third kappa shape index (κ3) is 4.44. The molecule has 2 aromatic rings. The van der Waals surface area contributed by atoms with E-state index in [0.29, 0.717) is 6.54 Å². The van der Waals surface area contributed by atoms with Gasteiger partial charge in [-0.05, 0) is 67.6 Å². The maximum absolute atomic E-state index is 12.7. The second kappa shape index (κ2) is 8.68. The first kappa shape index (κ1) is 19.5. The highest BCUT2D eigenvalue weighted by Gasteiger charge is 2.35. The van der Waals surface area contributed by atoms with Crippen molar-refractivity contribution in [1.29, 1.82) is 0 Å². The fraction of sp³-hybridized carbons (Fsp3) is 0.417. The fourth-order valence-electron chi connectivity index (χ4n) is 4.20. The molecule has 2 aliphatic rings. The standard InChI is InChI=1S/C24H29N3O2/c1-2-18-6-8-20(9-7-18)25-24(29)19-16-23(28)27(17-19)22-12-10-21(11-13-22)26-14-4-3-5-15-26/h6-13,19H,2-5,14-17H2,1H3,(H,25,29). The average Bonchev–Trinajstić information content (AvgIpc) is 3.17. The Morgan fingerprint density at radius 2 is 1.62 bits per heavy atom. The van der Waals surface area contributed by atoms with Gasteiger partial charge in [0.15, 0.2) is 0 Å². The Hall–Kier alpha value is -2.82. The summed E-state index contributed by atoms with van der Waals surface area (Å²) >= 11 is 0. The van der Waals surface area contributed by atoms with Crippen LogP contribution in [0.2, 0.25) is 0 Å². The molecule has 0 bridgehead atoms. The van der Waals surface area contributed by atoms with Crippen LogP contribution in [0.15, 0.2) is 48.5 Å². The number of hydrogen-bond acceptors (Lipinski definition) is 3. The van der Waals surface area contributed by atoms with Crippen LogP contribution in [0.1, 0.15) is 38.2 Å². The summed E-state index contributed by atoms with van der Waals surface area (Å²) in [5.74, 6) is -0.401. The molecule has 0 spiro atoms. The molecular formula is C24H29N3O2. The van der Waals surface area contributed by atoms with Crippen LogP contribution in [-0.4, -0.2) is 31.4 Å². The quantitative estimate of drug-likeness (QED) is 0.830. The Kier molecular flexibility index (Phi) is 5.84. The van der Waals surface area contributed by atoms with Gasteiger partial charge in [-0.3, -0.25) is 9.59 Å². The van der Waals surface area contributed by atoms with E-state index >= 15 is 0 Å². The highest BCUT2D eigenvalue weighted by atomic mass is 16.2. The van der Waals surface area contributed by atoms with Crippen LogP contribution in [0.25, 0.3) is 0 Å². The van der Waals surface area contributed by atoms with Gasteiger partial charge in [0, 0.05) is 43.1 Å². The highest BCUT2D eigenvalue weighted by molar-refractivity contribution is 6.03. The van der Waals surface area contributed by atoms with Crippen molar-refractivity contribution in [3.8, 4) is 0 Å². The molecule has 5 heteroatoms. The minimum atomic E-state index is -0.324. The van der Waals surface area contributed by atoms with Gasteiger partial charge in [-0.15, -0.1) is 0 Å². The molecule has 2 aliphatic heterocycles. The topological polar surface area (TPSA) is 52.7 Å². The van der Waals surface area contributed by atoms with Gasteiger partial charge in [0.1, 0.15) is 0 Å². The van der Waals surface area contributed by atoms with Crippen LogP contribution < -0.4 is 15.1 Å². The van der Waals surface area contributed by atoms with Crippen LogP contribution in [-0.2, 0) is 16.0 Å². The number of benzene rings is 2. The van der Waals surface area contributed by atoms with E-state index in [1.54, 1.807) is 4.90 Å². The lowest BCUT2D eigenvalue weighted by molar-refractivity contribution is -0.122. The van der Waals surface area contributed by atoms with E-state index in [-0.39, 0.29) is 24.2 Å². The Bertz CT molecular complexity index is 855. The van der Waals surface area contributed by atoms with E-state index in [4.69, 9.17) is 0 Å². The molecule has 1 unspecified atom stereocenters. The van der Waals surface area contributed by atoms with E-state index in [1.165, 1.54) is 30.5 Å². The van der Waals surface area contributed by atoms with Crippen molar-refractivity contribution >= 4 is 28.9 Å². The van der Waals surface area contributed by atoms with E-state index in [1.807, 2.05) is 36.4 Å². The molecule has 2 aromatic carbocycles. The Morgan fingerprint density at radius 1 is 0.966 bits per heavy atom.